The number of halogens is 1. The fourth-order valence-corrected chi connectivity index (χ4v) is 1.03. The van der Waals surface area contributed by atoms with E-state index in [2.05, 4.69) is 9.97 Å². The van der Waals surface area contributed by atoms with Crippen LogP contribution in [0.15, 0.2) is 41.5 Å². The Kier molecular flexibility index (Phi) is 2.93. The molecule has 2 rings (SSSR count). The highest BCUT2D eigenvalue weighted by molar-refractivity contribution is 5.85. The first-order chi connectivity index (χ1) is 5.86. The smallest absolute Gasteiger partial charge is 0.266 e. The fourth-order valence-electron chi connectivity index (χ4n) is 1.03. The normalized spacial score (nSPS) is 9.23. The van der Waals surface area contributed by atoms with Crippen LogP contribution in [0.4, 0.5) is 0 Å². The first-order valence-electron chi connectivity index (χ1n) is 3.57. The lowest BCUT2D eigenvalue weighted by atomic mass is 10.2. The number of aromatic nitrogens is 2. The van der Waals surface area contributed by atoms with Gasteiger partial charge in [0.2, 0.25) is 0 Å². The number of benzene rings is 1. The van der Waals surface area contributed by atoms with Gasteiger partial charge >= 0.3 is 0 Å². The van der Waals surface area contributed by atoms with Gasteiger partial charge < -0.3 is 0 Å². The summed E-state index contributed by atoms with van der Waals surface area (Å²) < 4.78 is 0. The van der Waals surface area contributed by atoms with Crippen molar-refractivity contribution < 1.29 is 0 Å². The van der Waals surface area contributed by atoms with Crippen molar-refractivity contribution in [3.63, 3.8) is 0 Å². The van der Waals surface area contributed by atoms with E-state index in [1.807, 2.05) is 18.2 Å². The standard InChI is InChI=1S/C9H6N2O.ClH/c12-9-6-10-5-7-3-1-2-4-8(7)11-9;/h1-6H;1H. The van der Waals surface area contributed by atoms with Crippen molar-refractivity contribution in [1.82, 2.24) is 9.97 Å². The van der Waals surface area contributed by atoms with E-state index in [4.69, 9.17) is 0 Å². The lowest BCUT2D eigenvalue weighted by Gasteiger charge is -1.85. The van der Waals surface area contributed by atoms with Crippen molar-refractivity contribution >= 4 is 23.3 Å². The summed E-state index contributed by atoms with van der Waals surface area (Å²) in [5.74, 6) is 0. The summed E-state index contributed by atoms with van der Waals surface area (Å²) in [6.45, 7) is 0. The number of nitrogens with zero attached hydrogens (tertiary/aromatic N) is 2. The first-order valence-corrected chi connectivity index (χ1v) is 3.57. The summed E-state index contributed by atoms with van der Waals surface area (Å²) in [5, 5.41) is 0.875. The lowest BCUT2D eigenvalue weighted by Crippen LogP contribution is -1.98. The maximum absolute atomic E-state index is 10.9. The molecule has 1 aromatic carbocycles. The van der Waals surface area contributed by atoms with E-state index in [0.717, 1.165) is 5.39 Å². The summed E-state index contributed by atoms with van der Waals surface area (Å²) in [4.78, 5) is 18.5. The zero-order valence-electron chi connectivity index (χ0n) is 6.68. The van der Waals surface area contributed by atoms with Crippen molar-refractivity contribution in [3.8, 4) is 0 Å². The van der Waals surface area contributed by atoms with Gasteiger partial charge in [-0.15, -0.1) is 12.4 Å². The molecule has 4 heteroatoms. The predicted molar refractivity (Wildman–Crippen MR) is 53.1 cm³/mol. The molecule has 0 unspecified atom stereocenters. The molecule has 1 heterocycles. The summed E-state index contributed by atoms with van der Waals surface area (Å²) in [6, 6.07) is 7.39. The molecule has 0 aliphatic heterocycles. The van der Waals surface area contributed by atoms with Crippen LogP contribution in [0.3, 0.4) is 0 Å². The van der Waals surface area contributed by atoms with E-state index >= 15 is 0 Å². The Labute approximate surface area is 80.9 Å². The van der Waals surface area contributed by atoms with Crippen LogP contribution in [-0.2, 0) is 0 Å². The first kappa shape index (κ1) is 9.61. The molecular formula is C9H7ClN2O. The summed E-state index contributed by atoms with van der Waals surface area (Å²) in [7, 11) is 0. The van der Waals surface area contributed by atoms with E-state index in [9.17, 15) is 4.79 Å². The molecule has 0 saturated heterocycles. The van der Waals surface area contributed by atoms with Gasteiger partial charge in [0.25, 0.3) is 5.56 Å². The highest BCUT2D eigenvalue weighted by atomic mass is 35.5. The Bertz CT molecular complexity index is 473. The van der Waals surface area contributed by atoms with Crippen molar-refractivity contribution in [2.75, 3.05) is 0 Å². The molecule has 0 atom stereocenters. The van der Waals surface area contributed by atoms with Crippen LogP contribution in [0.2, 0.25) is 0 Å². The molecular weight excluding hydrogens is 188 g/mol. The molecule has 0 amide bonds. The molecule has 3 nitrogen and oxygen atoms in total. The van der Waals surface area contributed by atoms with Gasteiger partial charge in [-0.2, -0.15) is 0 Å². The van der Waals surface area contributed by atoms with Gasteiger partial charge in [0.05, 0.1) is 11.7 Å². The SMILES string of the molecule is Cl.O=c1cncc2ccccc2n1. The van der Waals surface area contributed by atoms with Crippen LogP contribution in [0.25, 0.3) is 10.9 Å². The second kappa shape index (κ2) is 3.96. The maximum Gasteiger partial charge on any atom is 0.288 e. The third-order valence-electron chi connectivity index (χ3n) is 1.57. The molecule has 0 aliphatic carbocycles. The van der Waals surface area contributed by atoms with E-state index in [-0.39, 0.29) is 18.0 Å². The number of para-hydroxylation sites is 1. The van der Waals surface area contributed by atoms with Crippen molar-refractivity contribution in [3.05, 3.63) is 47.0 Å². The average molecular weight is 195 g/mol. The van der Waals surface area contributed by atoms with Crippen molar-refractivity contribution in [2.45, 2.75) is 0 Å². The minimum atomic E-state index is -0.309. The second-order valence-corrected chi connectivity index (χ2v) is 2.42. The van der Waals surface area contributed by atoms with Gasteiger partial charge in [0.15, 0.2) is 0 Å². The van der Waals surface area contributed by atoms with E-state index in [0.29, 0.717) is 5.52 Å². The van der Waals surface area contributed by atoms with Gasteiger partial charge in [-0.05, 0) is 6.07 Å². The highest BCUT2D eigenvalue weighted by Gasteiger charge is 1.90. The van der Waals surface area contributed by atoms with E-state index < -0.39 is 0 Å². The van der Waals surface area contributed by atoms with Gasteiger partial charge in [0.1, 0.15) is 0 Å². The zero-order valence-corrected chi connectivity index (χ0v) is 7.49. The van der Waals surface area contributed by atoms with Crippen LogP contribution in [0.5, 0.6) is 0 Å². The fraction of sp³-hybridized carbons (Fsp3) is 0. The molecule has 0 fully saturated rings. The Morgan fingerprint density at radius 2 is 1.85 bits per heavy atom. The molecule has 0 bridgehead atoms. The zero-order chi connectivity index (χ0) is 8.39. The van der Waals surface area contributed by atoms with E-state index in [1.165, 1.54) is 6.20 Å². The molecule has 2 aromatic rings. The maximum atomic E-state index is 10.9. The second-order valence-electron chi connectivity index (χ2n) is 2.42. The predicted octanol–water partition coefficient (Wildman–Crippen LogP) is 1.41. The van der Waals surface area contributed by atoms with Crippen LogP contribution in [0.1, 0.15) is 0 Å². The molecule has 0 N–H and O–H groups in total. The highest BCUT2D eigenvalue weighted by Crippen LogP contribution is 2.04. The van der Waals surface area contributed by atoms with Crippen molar-refractivity contribution in [1.29, 1.82) is 0 Å². The van der Waals surface area contributed by atoms with Crippen LogP contribution in [-0.4, -0.2) is 9.97 Å². The van der Waals surface area contributed by atoms with Crippen LogP contribution >= 0.6 is 12.4 Å². The van der Waals surface area contributed by atoms with Gasteiger partial charge in [-0.25, -0.2) is 4.98 Å². The third-order valence-corrected chi connectivity index (χ3v) is 1.57. The third kappa shape index (κ3) is 2.00. The van der Waals surface area contributed by atoms with Crippen LogP contribution in [0, 0.1) is 0 Å². The lowest BCUT2D eigenvalue weighted by molar-refractivity contribution is 1.26. The summed E-state index contributed by atoms with van der Waals surface area (Å²) in [6.07, 6.45) is 2.84. The minimum absolute atomic E-state index is 0. The number of fused-ring (bicyclic) bond motifs is 1. The number of hydrogen-bond acceptors (Lipinski definition) is 3. The Morgan fingerprint density at radius 3 is 2.69 bits per heavy atom. The molecule has 0 radical (unpaired) electrons. The van der Waals surface area contributed by atoms with Gasteiger partial charge in [-0.1, -0.05) is 18.2 Å². The summed E-state index contributed by atoms with van der Waals surface area (Å²) >= 11 is 0. The minimum Gasteiger partial charge on any atom is -0.266 e. The molecule has 66 valence electrons. The molecule has 13 heavy (non-hydrogen) atoms. The quantitative estimate of drug-likeness (QED) is 0.637. The largest absolute Gasteiger partial charge is 0.288 e. The number of rotatable bonds is 0. The van der Waals surface area contributed by atoms with E-state index in [1.54, 1.807) is 12.3 Å². The molecule has 1 aromatic heterocycles. The van der Waals surface area contributed by atoms with Gasteiger partial charge in [-0.3, -0.25) is 9.78 Å². The molecule has 0 aliphatic rings. The average Bonchev–Trinajstić information content (AvgIpc) is 2.25. The Balaban J connectivity index is 0.000000845. The molecule has 0 saturated carbocycles. The summed E-state index contributed by atoms with van der Waals surface area (Å²) in [5.41, 5.74) is 0.371. The number of hydrogen-bond donors (Lipinski definition) is 0. The van der Waals surface area contributed by atoms with Gasteiger partial charge in [0, 0.05) is 11.6 Å². The monoisotopic (exact) mass is 194 g/mol. The molecule has 0 spiro atoms. The topological polar surface area (TPSA) is 42.9 Å². The van der Waals surface area contributed by atoms with Crippen molar-refractivity contribution in [2.24, 2.45) is 0 Å². The Morgan fingerprint density at radius 1 is 1.08 bits per heavy atom. The Hall–Kier alpha value is -1.48. The van der Waals surface area contributed by atoms with Crippen LogP contribution < -0.4 is 5.56 Å².